The highest BCUT2D eigenvalue weighted by atomic mass is 16.4. The van der Waals surface area contributed by atoms with Crippen LogP contribution >= 0.6 is 0 Å². The first-order chi connectivity index (χ1) is 18.5. The minimum absolute atomic E-state index is 0.0376. The molecule has 4 aromatic carbocycles. The average Bonchev–Trinajstić information content (AvgIpc) is 2.96. The van der Waals surface area contributed by atoms with Gasteiger partial charge in [-0.1, -0.05) is 73.3 Å². The molecular formula is C33H27BN2O2. The second-order valence-corrected chi connectivity index (χ2v) is 9.19. The van der Waals surface area contributed by atoms with Crippen LogP contribution in [0.25, 0.3) is 16.8 Å². The number of phenols is 1. The Labute approximate surface area is 224 Å². The maximum absolute atomic E-state index is 11.0. The van der Waals surface area contributed by atoms with Gasteiger partial charge in [0.2, 0.25) is 0 Å². The van der Waals surface area contributed by atoms with Crippen molar-refractivity contribution >= 4 is 41.4 Å². The fourth-order valence-electron chi connectivity index (χ4n) is 4.72. The molecule has 1 N–H and O–H groups in total. The van der Waals surface area contributed by atoms with Crippen LogP contribution in [-0.4, -0.2) is 12.6 Å². The first kappa shape index (κ1) is 24.7. The molecule has 0 fully saturated rings. The lowest BCUT2D eigenvalue weighted by Gasteiger charge is -2.30. The Bertz CT molecular complexity index is 1640. The van der Waals surface area contributed by atoms with E-state index in [0.717, 1.165) is 40.7 Å². The van der Waals surface area contributed by atoms with Crippen LogP contribution in [0.15, 0.2) is 121 Å². The van der Waals surface area contributed by atoms with Crippen LogP contribution in [0.3, 0.4) is 0 Å². The molecule has 4 aromatic rings. The van der Waals surface area contributed by atoms with Gasteiger partial charge >= 0.3 is 7.48 Å². The van der Waals surface area contributed by atoms with Gasteiger partial charge in [-0.2, -0.15) is 5.26 Å². The molecule has 184 valence electrons. The summed E-state index contributed by atoms with van der Waals surface area (Å²) < 4.78 is 5.83. The van der Waals surface area contributed by atoms with Crippen LogP contribution in [0.4, 0.5) is 17.1 Å². The SMILES string of the molecule is C=C(BOc1ccc(N(c2cccc3c2CCC=C3)c2cccc3ccccc23)cc1O)/C=C\C(=C)C#N. The lowest BCUT2D eigenvalue weighted by molar-refractivity contribution is 0.444. The Morgan fingerprint density at radius 3 is 2.61 bits per heavy atom. The molecule has 0 aliphatic heterocycles. The fraction of sp³-hybridized carbons (Fsp3) is 0.0606. The molecule has 5 heteroatoms. The van der Waals surface area contributed by atoms with Gasteiger partial charge in [0.15, 0.2) is 5.75 Å². The Morgan fingerprint density at radius 1 is 0.974 bits per heavy atom. The van der Waals surface area contributed by atoms with E-state index in [0.29, 0.717) is 16.8 Å². The zero-order valence-electron chi connectivity index (χ0n) is 21.1. The van der Waals surface area contributed by atoms with Crippen LogP contribution < -0.4 is 9.55 Å². The molecule has 0 unspecified atom stereocenters. The monoisotopic (exact) mass is 494 g/mol. The molecule has 0 atom stereocenters. The molecular weight excluding hydrogens is 467 g/mol. The minimum Gasteiger partial charge on any atom is -0.557 e. The van der Waals surface area contributed by atoms with Crippen molar-refractivity contribution in [1.82, 2.24) is 0 Å². The third kappa shape index (κ3) is 5.12. The first-order valence-electron chi connectivity index (χ1n) is 12.5. The van der Waals surface area contributed by atoms with Crippen molar-refractivity contribution in [3.8, 4) is 17.6 Å². The van der Waals surface area contributed by atoms with Gasteiger partial charge in [0.05, 0.1) is 17.4 Å². The molecule has 1 aliphatic rings. The zero-order chi connectivity index (χ0) is 26.5. The Balaban J connectivity index is 1.55. The van der Waals surface area contributed by atoms with Crippen molar-refractivity contribution in [3.05, 3.63) is 132 Å². The number of benzene rings is 4. The zero-order valence-corrected chi connectivity index (χ0v) is 21.1. The lowest BCUT2D eigenvalue weighted by Crippen LogP contribution is -2.14. The molecule has 1 aliphatic carbocycles. The highest BCUT2D eigenvalue weighted by Crippen LogP contribution is 2.44. The number of hydrogen-bond acceptors (Lipinski definition) is 4. The van der Waals surface area contributed by atoms with E-state index in [4.69, 9.17) is 9.92 Å². The van der Waals surface area contributed by atoms with E-state index in [-0.39, 0.29) is 13.2 Å². The molecule has 4 nitrogen and oxygen atoms in total. The summed E-state index contributed by atoms with van der Waals surface area (Å²) in [6.45, 7) is 7.56. The number of allylic oxidation sites excluding steroid dienone is 5. The minimum atomic E-state index is 0.0376. The summed E-state index contributed by atoms with van der Waals surface area (Å²) in [4.78, 5) is 2.22. The van der Waals surface area contributed by atoms with E-state index in [1.807, 2.05) is 18.2 Å². The number of fused-ring (bicyclic) bond motifs is 2. The van der Waals surface area contributed by atoms with Crippen LogP contribution in [0.2, 0.25) is 0 Å². The van der Waals surface area contributed by atoms with Crippen molar-refractivity contribution in [1.29, 1.82) is 5.26 Å². The largest absolute Gasteiger partial charge is 0.557 e. The summed E-state index contributed by atoms with van der Waals surface area (Å²) in [6, 6.07) is 28.5. The lowest BCUT2D eigenvalue weighted by atomic mass is 9.88. The number of nitriles is 1. The predicted octanol–water partition coefficient (Wildman–Crippen LogP) is 7.85. The van der Waals surface area contributed by atoms with Gasteiger partial charge in [0, 0.05) is 22.7 Å². The highest BCUT2D eigenvalue weighted by Gasteiger charge is 2.21. The molecule has 0 radical (unpaired) electrons. The second kappa shape index (κ2) is 11.0. The van der Waals surface area contributed by atoms with Crippen molar-refractivity contribution in [2.75, 3.05) is 4.90 Å². The number of rotatable bonds is 8. The smallest absolute Gasteiger partial charge is 0.373 e. The average molecular weight is 494 g/mol. The quantitative estimate of drug-likeness (QED) is 0.154. The molecule has 0 spiro atoms. The van der Waals surface area contributed by atoms with Gasteiger partial charge in [0.1, 0.15) is 5.75 Å². The molecule has 0 saturated carbocycles. The topological polar surface area (TPSA) is 56.5 Å². The van der Waals surface area contributed by atoms with Gasteiger partial charge in [-0.3, -0.25) is 0 Å². The summed E-state index contributed by atoms with van der Waals surface area (Å²) in [5.74, 6) is 0.397. The van der Waals surface area contributed by atoms with E-state index >= 15 is 0 Å². The molecule has 0 bridgehead atoms. The molecule has 0 aromatic heterocycles. The van der Waals surface area contributed by atoms with Crippen LogP contribution in [-0.2, 0) is 6.42 Å². The summed E-state index contributed by atoms with van der Waals surface area (Å²) >= 11 is 0. The Hall–Kier alpha value is -4.95. The van der Waals surface area contributed by atoms with Gasteiger partial charge in [-0.15, -0.1) is 6.58 Å². The van der Waals surface area contributed by atoms with E-state index in [1.165, 1.54) is 11.1 Å². The maximum atomic E-state index is 11.0. The fourth-order valence-corrected chi connectivity index (χ4v) is 4.72. The Kier molecular flexibility index (Phi) is 7.15. The Morgan fingerprint density at radius 2 is 1.76 bits per heavy atom. The normalized spacial score (nSPS) is 12.1. The maximum Gasteiger partial charge on any atom is 0.373 e. The number of aromatic hydroxyl groups is 1. The third-order valence-corrected chi connectivity index (χ3v) is 6.57. The summed E-state index contributed by atoms with van der Waals surface area (Å²) in [5.41, 5.74) is 6.45. The van der Waals surface area contributed by atoms with Crippen LogP contribution in [0, 0.1) is 11.3 Å². The number of hydrogen-bond donors (Lipinski definition) is 1. The van der Waals surface area contributed by atoms with E-state index in [2.05, 4.69) is 84.8 Å². The number of anilines is 3. The number of phenolic OH excluding ortho intramolecular Hbond substituents is 1. The van der Waals surface area contributed by atoms with Crippen molar-refractivity contribution in [2.45, 2.75) is 12.8 Å². The predicted molar refractivity (Wildman–Crippen MR) is 158 cm³/mol. The first-order valence-corrected chi connectivity index (χ1v) is 12.5. The van der Waals surface area contributed by atoms with Crippen molar-refractivity contribution in [3.63, 3.8) is 0 Å². The van der Waals surface area contributed by atoms with Gasteiger partial charge in [-0.05, 0) is 65.2 Å². The second-order valence-electron chi connectivity index (χ2n) is 9.19. The van der Waals surface area contributed by atoms with E-state index < -0.39 is 0 Å². The number of nitrogens with zero attached hydrogens (tertiary/aromatic N) is 2. The van der Waals surface area contributed by atoms with Crippen LogP contribution in [0.1, 0.15) is 17.5 Å². The van der Waals surface area contributed by atoms with Crippen molar-refractivity contribution < 1.29 is 9.76 Å². The summed E-state index contributed by atoms with van der Waals surface area (Å²) in [7, 11) is 0.174. The molecule has 5 rings (SSSR count). The third-order valence-electron chi connectivity index (χ3n) is 6.57. The molecule has 0 heterocycles. The molecule has 38 heavy (non-hydrogen) atoms. The van der Waals surface area contributed by atoms with E-state index in [1.54, 1.807) is 24.3 Å². The molecule has 0 saturated heterocycles. The summed E-state index contributed by atoms with van der Waals surface area (Å²) in [5, 5.41) is 22.1. The molecule has 0 amide bonds. The van der Waals surface area contributed by atoms with E-state index in [9.17, 15) is 5.11 Å². The summed E-state index contributed by atoms with van der Waals surface area (Å²) in [6.07, 6.45) is 9.62. The van der Waals surface area contributed by atoms with Gasteiger partial charge < -0.3 is 14.7 Å². The van der Waals surface area contributed by atoms with Gasteiger partial charge in [-0.25, -0.2) is 0 Å². The van der Waals surface area contributed by atoms with Crippen molar-refractivity contribution in [2.24, 2.45) is 0 Å². The standard InChI is InChI=1S/C33H27BN2O2/c1-23(22-35)17-18-24(2)34-38-33-20-19-27(21-32(33)37)36(30-15-7-11-25-9-3-5-13-28(25)30)31-16-8-12-26-10-4-6-14-29(26)31/h3-5,7-13,15-21,34,37H,1-2,6,14H2/b18-17-. The van der Waals surface area contributed by atoms with Gasteiger partial charge in [0.25, 0.3) is 0 Å². The highest BCUT2D eigenvalue weighted by molar-refractivity contribution is 6.40. The van der Waals surface area contributed by atoms with Crippen LogP contribution in [0.5, 0.6) is 11.5 Å².